The molecule has 1 saturated carbocycles. The Morgan fingerprint density at radius 2 is 2.19 bits per heavy atom. The fourth-order valence-corrected chi connectivity index (χ4v) is 2.87. The summed E-state index contributed by atoms with van der Waals surface area (Å²) in [4.78, 5) is 4.31. The van der Waals surface area contributed by atoms with Gasteiger partial charge in [0.05, 0.1) is 24.5 Å². The summed E-state index contributed by atoms with van der Waals surface area (Å²) in [5.41, 5.74) is 0.992. The summed E-state index contributed by atoms with van der Waals surface area (Å²) < 4.78 is 5.89. The highest BCUT2D eigenvalue weighted by molar-refractivity contribution is 5.07. The van der Waals surface area contributed by atoms with E-state index in [2.05, 4.69) is 24.1 Å². The van der Waals surface area contributed by atoms with Crippen molar-refractivity contribution in [1.29, 1.82) is 0 Å². The van der Waals surface area contributed by atoms with Crippen molar-refractivity contribution in [3.8, 4) is 0 Å². The summed E-state index contributed by atoms with van der Waals surface area (Å²) in [5, 5.41) is 13.4. The van der Waals surface area contributed by atoms with Gasteiger partial charge < -0.3 is 15.2 Å². The van der Waals surface area contributed by atoms with E-state index in [1.54, 1.807) is 6.20 Å². The molecule has 2 rings (SSSR count). The Bertz CT molecular complexity index is 399. The molecule has 0 bridgehead atoms. The molecule has 1 heterocycles. The first-order valence-corrected chi connectivity index (χ1v) is 8.10. The summed E-state index contributed by atoms with van der Waals surface area (Å²) in [6.07, 6.45) is 6.58. The number of ether oxygens (including phenoxy) is 1. The molecule has 118 valence electrons. The molecule has 21 heavy (non-hydrogen) atoms. The van der Waals surface area contributed by atoms with Gasteiger partial charge in [-0.1, -0.05) is 25.8 Å². The molecule has 0 amide bonds. The Morgan fingerprint density at radius 3 is 2.90 bits per heavy atom. The zero-order valence-electron chi connectivity index (χ0n) is 13.2. The number of hydrogen-bond donors (Lipinski definition) is 2. The van der Waals surface area contributed by atoms with Crippen LogP contribution in [0.3, 0.4) is 0 Å². The number of nitrogens with one attached hydrogen (secondary N) is 1. The van der Waals surface area contributed by atoms with Crippen molar-refractivity contribution in [2.75, 3.05) is 13.2 Å². The molecule has 0 aliphatic heterocycles. The number of aromatic nitrogens is 1. The zero-order chi connectivity index (χ0) is 15.1. The number of nitrogens with zero attached hydrogens (tertiary/aromatic N) is 1. The van der Waals surface area contributed by atoms with Gasteiger partial charge in [0, 0.05) is 18.8 Å². The molecule has 1 aromatic heterocycles. The molecule has 0 spiro atoms. The smallest absolute Gasteiger partial charge is 0.0898 e. The maximum atomic E-state index is 10.1. The Labute approximate surface area is 127 Å². The summed E-state index contributed by atoms with van der Waals surface area (Å²) in [7, 11) is 0. The van der Waals surface area contributed by atoms with Crippen molar-refractivity contribution in [2.24, 2.45) is 5.92 Å². The first-order valence-electron chi connectivity index (χ1n) is 8.10. The predicted octanol–water partition coefficient (Wildman–Crippen LogP) is 2.69. The second-order valence-electron chi connectivity index (χ2n) is 6.17. The van der Waals surface area contributed by atoms with Gasteiger partial charge in [-0.25, -0.2) is 0 Å². The molecule has 3 unspecified atom stereocenters. The molecular formula is C17H28N2O2. The van der Waals surface area contributed by atoms with Crippen molar-refractivity contribution >= 4 is 0 Å². The lowest BCUT2D eigenvalue weighted by Crippen LogP contribution is -2.35. The Hall–Kier alpha value is -0.970. The quantitative estimate of drug-likeness (QED) is 0.811. The van der Waals surface area contributed by atoms with Gasteiger partial charge in [-0.3, -0.25) is 4.98 Å². The molecule has 4 nitrogen and oxygen atoms in total. The van der Waals surface area contributed by atoms with Crippen LogP contribution < -0.4 is 5.32 Å². The van der Waals surface area contributed by atoms with Crippen LogP contribution in [-0.4, -0.2) is 35.5 Å². The van der Waals surface area contributed by atoms with Crippen molar-refractivity contribution in [3.05, 3.63) is 30.1 Å². The number of hydrogen-bond acceptors (Lipinski definition) is 4. The molecule has 1 aliphatic carbocycles. The van der Waals surface area contributed by atoms with E-state index in [1.807, 2.05) is 18.2 Å². The molecule has 0 aromatic carbocycles. The Morgan fingerprint density at radius 1 is 1.38 bits per heavy atom. The summed E-state index contributed by atoms with van der Waals surface area (Å²) in [6.45, 7) is 5.24. The highest BCUT2D eigenvalue weighted by Gasteiger charge is 2.22. The lowest BCUT2D eigenvalue weighted by molar-refractivity contribution is -0.0455. The standard InChI is InChI=1S/C17H28N2O2/c1-13-7-3-4-9-17(13)21-12-15(20)11-19-14(2)16-8-5-6-10-18-16/h5-6,8,10,13-15,17,19-20H,3-4,7,9,11-12H2,1-2H3/t13?,14-,15?,17?/m0/s1. The van der Waals surface area contributed by atoms with Gasteiger partial charge >= 0.3 is 0 Å². The van der Waals surface area contributed by atoms with Crippen LogP contribution in [0.2, 0.25) is 0 Å². The van der Waals surface area contributed by atoms with E-state index in [0.29, 0.717) is 25.2 Å². The third-order valence-electron chi connectivity index (χ3n) is 4.33. The van der Waals surface area contributed by atoms with E-state index in [4.69, 9.17) is 4.74 Å². The molecule has 1 fully saturated rings. The lowest BCUT2D eigenvalue weighted by Gasteiger charge is -2.29. The van der Waals surface area contributed by atoms with E-state index >= 15 is 0 Å². The van der Waals surface area contributed by atoms with E-state index < -0.39 is 6.10 Å². The van der Waals surface area contributed by atoms with Gasteiger partial charge in [-0.05, 0) is 37.8 Å². The van der Waals surface area contributed by atoms with Crippen LogP contribution >= 0.6 is 0 Å². The fourth-order valence-electron chi connectivity index (χ4n) is 2.87. The van der Waals surface area contributed by atoms with Crippen LogP contribution in [0.15, 0.2) is 24.4 Å². The first kappa shape index (κ1) is 16.4. The van der Waals surface area contributed by atoms with Crippen molar-refractivity contribution in [3.63, 3.8) is 0 Å². The number of aliphatic hydroxyl groups excluding tert-OH is 1. The highest BCUT2D eigenvalue weighted by Crippen LogP contribution is 2.26. The Kier molecular flexibility index (Phi) is 6.61. The minimum Gasteiger partial charge on any atom is -0.389 e. The zero-order valence-corrected chi connectivity index (χ0v) is 13.2. The minimum absolute atomic E-state index is 0.134. The van der Waals surface area contributed by atoms with Crippen LogP contribution in [0.1, 0.15) is 51.3 Å². The van der Waals surface area contributed by atoms with Gasteiger partial charge in [0.2, 0.25) is 0 Å². The van der Waals surface area contributed by atoms with Gasteiger partial charge in [-0.15, -0.1) is 0 Å². The number of rotatable bonds is 7. The van der Waals surface area contributed by atoms with E-state index in [0.717, 1.165) is 12.1 Å². The molecule has 0 radical (unpaired) electrons. The van der Waals surface area contributed by atoms with Crippen LogP contribution in [0.25, 0.3) is 0 Å². The van der Waals surface area contributed by atoms with Crippen LogP contribution in [-0.2, 0) is 4.74 Å². The van der Waals surface area contributed by atoms with E-state index in [-0.39, 0.29) is 6.04 Å². The number of aliphatic hydroxyl groups is 1. The Balaban J connectivity index is 1.66. The highest BCUT2D eigenvalue weighted by atomic mass is 16.5. The lowest BCUT2D eigenvalue weighted by atomic mass is 9.88. The molecular weight excluding hydrogens is 264 g/mol. The second-order valence-corrected chi connectivity index (χ2v) is 6.17. The van der Waals surface area contributed by atoms with Crippen LogP contribution in [0.4, 0.5) is 0 Å². The molecule has 0 saturated heterocycles. The topological polar surface area (TPSA) is 54.4 Å². The summed E-state index contributed by atoms with van der Waals surface area (Å²) in [6, 6.07) is 6.01. The normalized spacial score (nSPS) is 25.5. The van der Waals surface area contributed by atoms with Gasteiger partial charge in [-0.2, -0.15) is 0 Å². The maximum absolute atomic E-state index is 10.1. The monoisotopic (exact) mass is 292 g/mol. The average Bonchev–Trinajstić information content (AvgIpc) is 2.52. The SMILES string of the molecule is CC1CCCCC1OCC(O)CN[C@@H](C)c1ccccn1. The second kappa shape index (κ2) is 8.47. The van der Waals surface area contributed by atoms with Crippen LogP contribution in [0, 0.1) is 5.92 Å². The predicted molar refractivity (Wildman–Crippen MR) is 84.0 cm³/mol. The van der Waals surface area contributed by atoms with Gasteiger partial charge in [0.1, 0.15) is 0 Å². The van der Waals surface area contributed by atoms with Gasteiger partial charge in [0.25, 0.3) is 0 Å². The van der Waals surface area contributed by atoms with Crippen LogP contribution in [0.5, 0.6) is 0 Å². The molecule has 1 aromatic rings. The molecule has 4 atom stereocenters. The maximum Gasteiger partial charge on any atom is 0.0898 e. The average molecular weight is 292 g/mol. The minimum atomic E-state index is -0.467. The first-order chi connectivity index (χ1) is 10.2. The van der Waals surface area contributed by atoms with E-state index in [1.165, 1.54) is 19.3 Å². The largest absolute Gasteiger partial charge is 0.389 e. The molecule has 1 aliphatic rings. The summed E-state index contributed by atoms with van der Waals surface area (Å²) >= 11 is 0. The van der Waals surface area contributed by atoms with Gasteiger partial charge in [0.15, 0.2) is 0 Å². The van der Waals surface area contributed by atoms with Crippen molar-refractivity contribution in [1.82, 2.24) is 10.3 Å². The number of pyridine rings is 1. The van der Waals surface area contributed by atoms with Crippen molar-refractivity contribution < 1.29 is 9.84 Å². The molecule has 2 N–H and O–H groups in total. The van der Waals surface area contributed by atoms with Crippen molar-refractivity contribution in [2.45, 2.75) is 57.8 Å². The fraction of sp³-hybridized carbons (Fsp3) is 0.706. The molecule has 4 heteroatoms. The summed E-state index contributed by atoms with van der Waals surface area (Å²) in [5.74, 6) is 0.617. The third kappa shape index (κ3) is 5.38. The van der Waals surface area contributed by atoms with E-state index in [9.17, 15) is 5.11 Å². The third-order valence-corrected chi connectivity index (χ3v) is 4.33.